The van der Waals surface area contributed by atoms with Gasteiger partial charge in [-0.2, -0.15) is 0 Å². The molecular formula is C14H19NO2. The number of carbonyl (C=O) groups is 1. The van der Waals surface area contributed by atoms with Gasteiger partial charge in [0.25, 0.3) is 0 Å². The average Bonchev–Trinajstić information content (AvgIpc) is 2.38. The summed E-state index contributed by atoms with van der Waals surface area (Å²) >= 11 is 0. The van der Waals surface area contributed by atoms with Gasteiger partial charge < -0.3 is 10.0 Å². The third kappa shape index (κ3) is 3.56. The van der Waals surface area contributed by atoms with Gasteiger partial charge in [0.15, 0.2) is 0 Å². The number of hydrogen-bond acceptors (Lipinski definition) is 2. The Kier molecular flexibility index (Phi) is 4.15. The van der Waals surface area contributed by atoms with Gasteiger partial charge in [-0.05, 0) is 31.4 Å². The van der Waals surface area contributed by atoms with Crippen molar-refractivity contribution in [3.05, 3.63) is 35.9 Å². The highest BCUT2D eigenvalue weighted by Gasteiger charge is 2.24. The van der Waals surface area contributed by atoms with Crippen LogP contribution in [0, 0.1) is 5.92 Å². The van der Waals surface area contributed by atoms with Gasteiger partial charge in [0.2, 0.25) is 0 Å². The highest BCUT2D eigenvalue weighted by atomic mass is 16.4. The van der Waals surface area contributed by atoms with Crippen molar-refractivity contribution in [2.75, 3.05) is 19.6 Å². The van der Waals surface area contributed by atoms with Crippen molar-refractivity contribution in [3.63, 3.8) is 0 Å². The molecule has 1 aliphatic heterocycles. The molecule has 3 nitrogen and oxygen atoms in total. The maximum absolute atomic E-state index is 10.9. The Balaban J connectivity index is 1.81. The molecule has 3 heteroatoms. The summed E-state index contributed by atoms with van der Waals surface area (Å²) in [5, 5.41) is 9.01. The molecule has 0 aliphatic carbocycles. The normalized spacial score (nSPS) is 21.3. The second kappa shape index (κ2) is 5.82. The summed E-state index contributed by atoms with van der Waals surface area (Å²) in [5.41, 5.74) is 1.32. The highest BCUT2D eigenvalue weighted by molar-refractivity contribution is 5.70. The number of aliphatic carboxylic acids is 1. The van der Waals surface area contributed by atoms with Crippen molar-refractivity contribution in [2.24, 2.45) is 5.92 Å². The summed E-state index contributed by atoms with van der Waals surface area (Å²) in [7, 11) is 0. The molecule has 1 saturated heterocycles. The van der Waals surface area contributed by atoms with Gasteiger partial charge in [0.1, 0.15) is 0 Å². The molecule has 92 valence electrons. The van der Waals surface area contributed by atoms with Crippen molar-refractivity contribution in [2.45, 2.75) is 19.3 Å². The summed E-state index contributed by atoms with van der Waals surface area (Å²) in [6.07, 6.45) is 2.84. The molecule has 1 N–H and O–H groups in total. The number of hydrogen-bond donors (Lipinski definition) is 1. The van der Waals surface area contributed by atoms with Gasteiger partial charge >= 0.3 is 5.97 Å². The monoisotopic (exact) mass is 233 g/mol. The van der Waals surface area contributed by atoms with Crippen molar-refractivity contribution in [1.82, 2.24) is 4.90 Å². The fourth-order valence-corrected chi connectivity index (χ4v) is 2.39. The lowest BCUT2D eigenvalue weighted by Gasteiger charge is -2.30. The smallest absolute Gasteiger partial charge is 0.307 e. The van der Waals surface area contributed by atoms with Crippen LogP contribution >= 0.6 is 0 Å². The van der Waals surface area contributed by atoms with Crippen LogP contribution in [0.3, 0.4) is 0 Å². The molecule has 1 aromatic carbocycles. The summed E-state index contributed by atoms with van der Waals surface area (Å²) in [6.45, 7) is 2.71. The maximum Gasteiger partial charge on any atom is 0.307 e. The van der Waals surface area contributed by atoms with Crippen molar-refractivity contribution in [1.29, 1.82) is 0 Å². The molecule has 1 heterocycles. The quantitative estimate of drug-likeness (QED) is 0.865. The van der Waals surface area contributed by atoms with Crippen LogP contribution in [0.15, 0.2) is 30.3 Å². The summed E-state index contributed by atoms with van der Waals surface area (Å²) < 4.78 is 0. The van der Waals surface area contributed by atoms with Crippen LogP contribution in [0.25, 0.3) is 0 Å². The second-order valence-corrected chi connectivity index (χ2v) is 4.71. The van der Waals surface area contributed by atoms with Crippen LogP contribution in [0.5, 0.6) is 0 Å². The Bertz CT molecular complexity index is 364. The van der Waals surface area contributed by atoms with Crippen LogP contribution < -0.4 is 0 Å². The number of nitrogens with zero attached hydrogens (tertiary/aromatic N) is 1. The van der Waals surface area contributed by atoms with E-state index < -0.39 is 5.97 Å². The Labute approximate surface area is 102 Å². The zero-order valence-electron chi connectivity index (χ0n) is 10.0. The molecule has 1 aliphatic rings. The predicted octanol–water partition coefficient (Wildman–Crippen LogP) is 2.03. The van der Waals surface area contributed by atoms with Crippen LogP contribution in [-0.4, -0.2) is 35.6 Å². The Morgan fingerprint density at radius 3 is 2.82 bits per heavy atom. The van der Waals surface area contributed by atoms with Crippen LogP contribution in [0.2, 0.25) is 0 Å². The second-order valence-electron chi connectivity index (χ2n) is 4.71. The Morgan fingerprint density at radius 2 is 2.12 bits per heavy atom. The molecule has 17 heavy (non-hydrogen) atoms. The SMILES string of the molecule is O=C(O)C1CCCN(CCc2ccccc2)C1. The van der Waals surface area contributed by atoms with E-state index in [-0.39, 0.29) is 5.92 Å². The average molecular weight is 233 g/mol. The molecule has 1 aromatic rings. The molecule has 0 bridgehead atoms. The van der Waals surface area contributed by atoms with Gasteiger partial charge in [-0.15, -0.1) is 0 Å². The molecule has 2 rings (SSSR count). The van der Waals surface area contributed by atoms with E-state index in [0.29, 0.717) is 6.54 Å². The van der Waals surface area contributed by atoms with Gasteiger partial charge in [0.05, 0.1) is 5.92 Å². The number of benzene rings is 1. The molecule has 0 spiro atoms. The first-order valence-corrected chi connectivity index (χ1v) is 6.25. The number of rotatable bonds is 4. The minimum Gasteiger partial charge on any atom is -0.481 e. The molecule has 0 radical (unpaired) electrons. The van der Waals surface area contributed by atoms with Crippen molar-refractivity contribution in [3.8, 4) is 0 Å². The number of likely N-dealkylation sites (tertiary alicyclic amines) is 1. The zero-order chi connectivity index (χ0) is 12.1. The lowest BCUT2D eigenvalue weighted by molar-refractivity contribution is -0.143. The van der Waals surface area contributed by atoms with Crippen LogP contribution in [-0.2, 0) is 11.2 Å². The third-order valence-corrected chi connectivity index (χ3v) is 3.41. The topological polar surface area (TPSA) is 40.5 Å². The van der Waals surface area contributed by atoms with E-state index in [4.69, 9.17) is 5.11 Å². The van der Waals surface area contributed by atoms with Gasteiger partial charge in [-0.3, -0.25) is 4.79 Å². The third-order valence-electron chi connectivity index (χ3n) is 3.41. The minimum atomic E-state index is -0.644. The molecule has 1 unspecified atom stereocenters. The summed E-state index contributed by atoms with van der Waals surface area (Å²) in [5.74, 6) is -0.811. The van der Waals surface area contributed by atoms with E-state index in [1.807, 2.05) is 18.2 Å². The first kappa shape index (κ1) is 12.1. The zero-order valence-corrected chi connectivity index (χ0v) is 10.0. The van der Waals surface area contributed by atoms with E-state index in [9.17, 15) is 4.79 Å². The number of carboxylic acid groups (broad SMARTS) is 1. The standard InChI is InChI=1S/C14H19NO2/c16-14(17)13-7-4-9-15(11-13)10-8-12-5-2-1-3-6-12/h1-3,5-6,13H,4,7-11H2,(H,16,17). The van der Waals surface area contributed by atoms with Crippen LogP contribution in [0.4, 0.5) is 0 Å². The Morgan fingerprint density at radius 1 is 1.35 bits per heavy atom. The first-order valence-electron chi connectivity index (χ1n) is 6.25. The summed E-state index contributed by atoms with van der Waals surface area (Å²) in [6, 6.07) is 10.4. The Hall–Kier alpha value is -1.35. The van der Waals surface area contributed by atoms with Crippen molar-refractivity contribution < 1.29 is 9.90 Å². The lowest BCUT2D eigenvalue weighted by atomic mass is 9.98. The summed E-state index contributed by atoms with van der Waals surface area (Å²) in [4.78, 5) is 13.2. The van der Waals surface area contributed by atoms with E-state index in [0.717, 1.165) is 32.4 Å². The van der Waals surface area contributed by atoms with E-state index >= 15 is 0 Å². The molecule has 0 saturated carbocycles. The fraction of sp³-hybridized carbons (Fsp3) is 0.500. The van der Waals surface area contributed by atoms with Gasteiger partial charge in [-0.25, -0.2) is 0 Å². The molecule has 0 amide bonds. The highest BCUT2D eigenvalue weighted by Crippen LogP contribution is 2.16. The van der Waals surface area contributed by atoms with E-state index in [2.05, 4.69) is 17.0 Å². The number of piperidine rings is 1. The van der Waals surface area contributed by atoms with Crippen molar-refractivity contribution >= 4 is 5.97 Å². The number of carboxylic acids is 1. The largest absolute Gasteiger partial charge is 0.481 e. The van der Waals surface area contributed by atoms with E-state index in [1.54, 1.807) is 0 Å². The van der Waals surface area contributed by atoms with Crippen LogP contribution in [0.1, 0.15) is 18.4 Å². The molecular weight excluding hydrogens is 214 g/mol. The first-order chi connectivity index (χ1) is 8.25. The predicted molar refractivity (Wildman–Crippen MR) is 66.9 cm³/mol. The molecule has 1 fully saturated rings. The van der Waals surface area contributed by atoms with E-state index in [1.165, 1.54) is 5.56 Å². The molecule has 1 atom stereocenters. The van der Waals surface area contributed by atoms with Gasteiger partial charge in [0, 0.05) is 13.1 Å². The van der Waals surface area contributed by atoms with Gasteiger partial charge in [-0.1, -0.05) is 30.3 Å². The lowest BCUT2D eigenvalue weighted by Crippen LogP contribution is -2.39. The molecule has 0 aromatic heterocycles. The minimum absolute atomic E-state index is 0.167. The fourth-order valence-electron chi connectivity index (χ4n) is 2.39. The maximum atomic E-state index is 10.9.